The topological polar surface area (TPSA) is 90.7 Å². The van der Waals surface area contributed by atoms with Crippen LogP contribution in [0.1, 0.15) is 21.6 Å². The second kappa shape index (κ2) is 7.64. The first-order valence-electron chi connectivity index (χ1n) is 7.73. The number of anilines is 3. The van der Waals surface area contributed by atoms with Crippen LogP contribution in [0.5, 0.6) is 0 Å². The Hall–Kier alpha value is -3.43. The zero-order valence-corrected chi connectivity index (χ0v) is 14.6. The fourth-order valence-electron chi connectivity index (χ4n) is 2.29. The maximum absolute atomic E-state index is 12.2. The number of benzene rings is 2. The van der Waals surface area contributed by atoms with E-state index in [-0.39, 0.29) is 5.69 Å². The lowest BCUT2D eigenvalue weighted by Gasteiger charge is -2.09. The summed E-state index contributed by atoms with van der Waals surface area (Å²) in [6.07, 6.45) is 0. The average molecular weight is 364 g/mol. The Kier molecular flexibility index (Phi) is 5.11. The molecule has 1 heterocycles. The maximum Gasteiger partial charge on any atom is 0.276 e. The van der Waals surface area contributed by atoms with Crippen LogP contribution >= 0.6 is 11.6 Å². The number of carbonyl (C=O) groups is 1. The molecule has 0 saturated heterocycles. The zero-order chi connectivity index (χ0) is 18.5. The number of carbonyl (C=O) groups excluding carboxylic acids is 1. The van der Waals surface area contributed by atoms with Crippen LogP contribution in [-0.2, 0) is 0 Å². The highest BCUT2D eigenvalue weighted by molar-refractivity contribution is 6.30. The third kappa shape index (κ3) is 4.15. The summed E-state index contributed by atoms with van der Waals surface area (Å²) in [6, 6.07) is 17.4. The first-order chi connectivity index (χ1) is 12.5. The van der Waals surface area contributed by atoms with E-state index in [4.69, 9.17) is 16.9 Å². The number of aryl methyl sites for hydroxylation is 1. The normalized spacial score (nSPS) is 10.0. The lowest BCUT2D eigenvalue weighted by atomic mass is 10.2. The molecule has 2 N–H and O–H groups in total. The number of nitrogens with zero attached hydrogens (tertiary/aromatic N) is 3. The first kappa shape index (κ1) is 17.4. The van der Waals surface area contributed by atoms with Crippen LogP contribution in [0.25, 0.3) is 0 Å². The fourth-order valence-corrected chi connectivity index (χ4v) is 2.51. The van der Waals surface area contributed by atoms with Crippen molar-refractivity contribution >= 4 is 34.7 Å². The molecule has 6 nitrogen and oxygen atoms in total. The lowest BCUT2D eigenvalue weighted by molar-refractivity contribution is 0.102. The van der Waals surface area contributed by atoms with Gasteiger partial charge in [-0.15, -0.1) is 10.2 Å². The second-order valence-corrected chi connectivity index (χ2v) is 5.97. The van der Waals surface area contributed by atoms with Gasteiger partial charge in [0.2, 0.25) is 0 Å². The number of halogens is 1. The minimum atomic E-state index is -0.401. The molecule has 0 bridgehead atoms. The van der Waals surface area contributed by atoms with Gasteiger partial charge in [-0.05, 0) is 61.0 Å². The number of hydrogen-bond donors (Lipinski definition) is 2. The molecule has 0 unspecified atom stereocenters. The lowest BCUT2D eigenvalue weighted by Crippen LogP contribution is -2.14. The van der Waals surface area contributed by atoms with Crippen molar-refractivity contribution in [3.05, 3.63) is 76.4 Å². The van der Waals surface area contributed by atoms with Crippen molar-refractivity contribution in [2.45, 2.75) is 6.92 Å². The Morgan fingerprint density at radius 3 is 2.65 bits per heavy atom. The van der Waals surface area contributed by atoms with E-state index in [1.807, 2.05) is 25.1 Å². The van der Waals surface area contributed by atoms with Crippen molar-refractivity contribution in [3.63, 3.8) is 0 Å². The molecule has 7 heteroatoms. The average Bonchev–Trinajstić information content (AvgIpc) is 2.64. The molecule has 0 aliphatic carbocycles. The molecule has 0 atom stereocenters. The molecule has 0 aliphatic heterocycles. The first-order valence-corrected chi connectivity index (χ1v) is 8.11. The summed E-state index contributed by atoms with van der Waals surface area (Å²) < 4.78 is 0. The van der Waals surface area contributed by atoms with Gasteiger partial charge in [0.15, 0.2) is 11.5 Å². The van der Waals surface area contributed by atoms with E-state index in [0.29, 0.717) is 22.1 Å². The summed E-state index contributed by atoms with van der Waals surface area (Å²) in [5.41, 5.74) is 2.99. The predicted octanol–water partition coefficient (Wildman–Crippen LogP) is 4.31. The van der Waals surface area contributed by atoms with E-state index >= 15 is 0 Å². The summed E-state index contributed by atoms with van der Waals surface area (Å²) in [7, 11) is 0. The smallest absolute Gasteiger partial charge is 0.276 e. The van der Waals surface area contributed by atoms with E-state index in [9.17, 15) is 4.79 Å². The summed E-state index contributed by atoms with van der Waals surface area (Å²) in [6.45, 7) is 1.93. The molecule has 2 aromatic carbocycles. The van der Waals surface area contributed by atoms with Crippen LogP contribution in [0.2, 0.25) is 5.02 Å². The third-order valence-electron chi connectivity index (χ3n) is 3.60. The molecule has 3 aromatic rings. The largest absolute Gasteiger partial charge is 0.339 e. The molecule has 0 fully saturated rings. The van der Waals surface area contributed by atoms with Crippen LogP contribution in [0.15, 0.2) is 54.6 Å². The summed E-state index contributed by atoms with van der Waals surface area (Å²) in [4.78, 5) is 12.2. The molecule has 1 aromatic heterocycles. The molecular weight excluding hydrogens is 350 g/mol. The SMILES string of the molecule is Cc1cc(Cl)ccc1Nc1ccc(C(=O)Nc2cccc(C#N)c2)nn1. The predicted molar refractivity (Wildman–Crippen MR) is 101 cm³/mol. The van der Waals surface area contributed by atoms with Crippen LogP contribution in [0, 0.1) is 18.3 Å². The van der Waals surface area contributed by atoms with Crippen molar-refractivity contribution in [1.82, 2.24) is 10.2 Å². The van der Waals surface area contributed by atoms with Crippen LogP contribution in [0.4, 0.5) is 17.2 Å². The monoisotopic (exact) mass is 363 g/mol. The Morgan fingerprint density at radius 1 is 1.12 bits per heavy atom. The third-order valence-corrected chi connectivity index (χ3v) is 3.83. The quantitative estimate of drug-likeness (QED) is 0.720. The van der Waals surface area contributed by atoms with Gasteiger partial charge in [-0.2, -0.15) is 5.26 Å². The number of rotatable bonds is 4. The number of hydrogen-bond acceptors (Lipinski definition) is 5. The Bertz CT molecular complexity index is 996. The van der Waals surface area contributed by atoms with Gasteiger partial charge in [-0.25, -0.2) is 0 Å². The van der Waals surface area contributed by atoms with Crippen molar-refractivity contribution in [1.29, 1.82) is 5.26 Å². The number of amides is 1. The van der Waals surface area contributed by atoms with E-state index in [1.54, 1.807) is 42.5 Å². The van der Waals surface area contributed by atoms with Gasteiger partial charge in [0, 0.05) is 16.4 Å². The second-order valence-electron chi connectivity index (χ2n) is 5.53. The van der Waals surface area contributed by atoms with E-state index in [1.165, 1.54) is 0 Å². The van der Waals surface area contributed by atoms with Gasteiger partial charge in [-0.1, -0.05) is 17.7 Å². The maximum atomic E-state index is 12.2. The summed E-state index contributed by atoms with van der Waals surface area (Å²) in [5, 5.41) is 23.4. The van der Waals surface area contributed by atoms with E-state index in [0.717, 1.165) is 11.3 Å². The van der Waals surface area contributed by atoms with Gasteiger partial charge >= 0.3 is 0 Å². The van der Waals surface area contributed by atoms with E-state index < -0.39 is 5.91 Å². The van der Waals surface area contributed by atoms with Gasteiger partial charge in [0.25, 0.3) is 5.91 Å². The number of nitrogens with one attached hydrogen (secondary N) is 2. The summed E-state index contributed by atoms with van der Waals surface area (Å²) >= 11 is 5.94. The molecule has 0 radical (unpaired) electrons. The summed E-state index contributed by atoms with van der Waals surface area (Å²) in [5.74, 6) is 0.111. The molecule has 3 rings (SSSR count). The van der Waals surface area contributed by atoms with Crippen molar-refractivity contribution in [2.75, 3.05) is 10.6 Å². The molecule has 0 spiro atoms. The van der Waals surface area contributed by atoms with Gasteiger partial charge in [0.1, 0.15) is 0 Å². The Balaban J connectivity index is 1.70. The van der Waals surface area contributed by atoms with Gasteiger partial charge in [-0.3, -0.25) is 4.79 Å². The van der Waals surface area contributed by atoms with Crippen molar-refractivity contribution in [3.8, 4) is 6.07 Å². The van der Waals surface area contributed by atoms with Crippen LogP contribution < -0.4 is 10.6 Å². The molecule has 0 aliphatic rings. The zero-order valence-electron chi connectivity index (χ0n) is 13.8. The number of nitriles is 1. The van der Waals surface area contributed by atoms with Crippen molar-refractivity contribution in [2.24, 2.45) is 0 Å². The minimum Gasteiger partial charge on any atom is -0.339 e. The Labute approximate surface area is 155 Å². The number of aromatic nitrogens is 2. The van der Waals surface area contributed by atoms with E-state index in [2.05, 4.69) is 20.8 Å². The molecule has 1 amide bonds. The van der Waals surface area contributed by atoms with Gasteiger partial charge < -0.3 is 10.6 Å². The standard InChI is InChI=1S/C19H14ClN5O/c1-12-9-14(20)5-6-16(12)23-18-8-7-17(24-25-18)19(26)22-15-4-2-3-13(10-15)11-21/h2-10H,1H3,(H,22,26)(H,23,25). The molecule has 26 heavy (non-hydrogen) atoms. The molecule has 0 saturated carbocycles. The van der Waals surface area contributed by atoms with Crippen molar-refractivity contribution < 1.29 is 4.79 Å². The van der Waals surface area contributed by atoms with Gasteiger partial charge in [0.05, 0.1) is 11.6 Å². The van der Waals surface area contributed by atoms with Crippen LogP contribution in [0.3, 0.4) is 0 Å². The minimum absolute atomic E-state index is 0.172. The molecular formula is C19H14ClN5O. The highest BCUT2D eigenvalue weighted by atomic mass is 35.5. The highest BCUT2D eigenvalue weighted by Gasteiger charge is 2.10. The molecule has 128 valence electrons. The highest BCUT2D eigenvalue weighted by Crippen LogP contribution is 2.22. The Morgan fingerprint density at radius 2 is 1.96 bits per heavy atom. The fraction of sp³-hybridized carbons (Fsp3) is 0.0526. The van der Waals surface area contributed by atoms with Crippen LogP contribution in [-0.4, -0.2) is 16.1 Å².